The Morgan fingerprint density at radius 1 is 1.30 bits per heavy atom. The highest BCUT2D eigenvalue weighted by molar-refractivity contribution is 5.60. The van der Waals surface area contributed by atoms with Crippen molar-refractivity contribution in [3.8, 4) is 0 Å². The Morgan fingerprint density at radius 3 is 2.83 bits per heavy atom. The first-order valence-electron chi connectivity index (χ1n) is 7.57. The molecule has 0 saturated heterocycles. The maximum atomic E-state index is 13.1. The Bertz CT molecular complexity index is 683. The van der Waals surface area contributed by atoms with Crippen molar-refractivity contribution in [3.05, 3.63) is 53.3 Å². The van der Waals surface area contributed by atoms with Gasteiger partial charge in [-0.15, -0.1) is 0 Å². The van der Waals surface area contributed by atoms with Gasteiger partial charge >= 0.3 is 6.18 Å². The van der Waals surface area contributed by atoms with Crippen LogP contribution in [0.3, 0.4) is 0 Å². The van der Waals surface area contributed by atoms with E-state index in [9.17, 15) is 13.2 Å². The van der Waals surface area contributed by atoms with E-state index in [2.05, 4.69) is 15.6 Å². The van der Waals surface area contributed by atoms with Crippen molar-refractivity contribution in [2.45, 2.75) is 32.0 Å². The van der Waals surface area contributed by atoms with E-state index in [1.54, 1.807) is 18.5 Å². The number of aromatic nitrogens is 1. The number of alkyl halides is 3. The third-order valence-electron chi connectivity index (χ3n) is 4.06. The molecule has 1 unspecified atom stereocenters. The molecule has 0 aliphatic carbocycles. The quantitative estimate of drug-likeness (QED) is 0.837. The van der Waals surface area contributed by atoms with Crippen molar-refractivity contribution in [3.63, 3.8) is 0 Å². The molecule has 2 heterocycles. The number of anilines is 2. The summed E-state index contributed by atoms with van der Waals surface area (Å²) >= 11 is 0. The Kier molecular flexibility index (Phi) is 4.15. The molecule has 1 aromatic heterocycles. The molecule has 0 saturated carbocycles. The van der Waals surface area contributed by atoms with Gasteiger partial charge in [0.25, 0.3) is 0 Å². The van der Waals surface area contributed by atoms with Crippen molar-refractivity contribution < 1.29 is 13.2 Å². The van der Waals surface area contributed by atoms with E-state index in [0.29, 0.717) is 12.2 Å². The number of fused-ring (bicyclic) bond motifs is 1. The predicted molar refractivity (Wildman–Crippen MR) is 84.5 cm³/mol. The summed E-state index contributed by atoms with van der Waals surface area (Å²) in [5, 5.41) is 6.50. The van der Waals surface area contributed by atoms with Crippen LogP contribution in [0.4, 0.5) is 24.5 Å². The first-order valence-corrected chi connectivity index (χ1v) is 7.57. The highest BCUT2D eigenvalue weighted by Crippen LogP contribution is 2.39. The van der Waals surface area contributed by atoms with Gasteiger partial charge < -0.3 is 10.6 Å². The van der Waals surface area contributed by atoms with Gasteiger partial charge in [-0.3, -0.25) is 4.98 Å². The van der Waals surface area contributed by atoms with Crippen molar-refractivity contribution in [2.75, 3.05) is 17.2 Å². The second kappa shape index (κ2) is 6.10. The summed E-state index contributed by atoms with van der Waals surface area (Å²) in [6.45, 7) is 2.17. The lowest BCUT2D eigenvalue weighted by Crippen LogP contribution is -2.14. The van der Waals surface area contributed by atoms with Crippen LogP contribution in [0.5, 0.6) is 0 Å². The van der Waals surface area contributed by atoms with E-state index in [0.717, 1.165) is 24.1 Å². The van der Waals surface area contributed by atoms with Crippen LogP contribution in [0.15, 0.2) is 36.7 Å². The molecule has 23 heavy (non-hydrogen) atoms. The standard InChI is InChI=1S/C17H18F3N3/c1-11-8-13-15(23-12-4-2-6-21-10-12)5-3-7-22-16(13)9-14(11)17(18,19)20/h2,4,6,8-10,15,22-23H,3,5,7H2,1H3. The number of rotatable bonds is 2. The Morgan fingerprint density at radius 2 is 2.13 bits per heavy atom. The van der Waals surface area contributed by atoms with E-state index >= 15 is 0 Å². The van der Waals surface area contributed by atoms with Crippen LogP contribution >= 0.6 is 0 Å². The number of benzene rings is 1. The maximum absolute atomic E-state index is 13.1. The molecule has 0 bridgehead atoms. The molecule has 2 aromatic rings. The van der Waals surface area contributed by atoms with Crippen LogP contribution in [0, 0.1) is 6.92 Å². The Labute approximate surface area is 132 Å². The van der Waals surface area contributed by atoms with Crippen LogP contribution < -0.4 is 10.6 Å². The van der Waals surface area contributed by atoms with Crippen LogP contribution in [0.2, 0.25) is 0 Å². The zero-order chi connectivity index (χ0) is 16.4. The fraction of sp³-hybridized carbons (Fsp3) is 0.353. The van der Waals surface area contributed by atoms with Gasteiger partial charge in [0.15, 0.2) is 0 Å². The Balaban J connectivity index is 1.98. The first kappa shape index (κ1) is 15.6. The molecule has 2 N–H and O–H groups in total. The van der Waals surface area contributed by atoms with Gasteiger partial charge in [0.05, 0.1) is 17.3 Å². The third kappa shape index (κ3) is 3.41. The molecule has 1 aliphatic rings. The zero-order valence-corrected chi connectivity index (χ0v) is 12.7. The van der Waals surface area contributed by atoms with Crippen molar-refractivity contribution in [2.24, 2.45) is 0 Å². The molecule has 6 heteroatoms. The average molecular weight is 321 g/mol. The Hall–Kier alpha value is -2.24. The van der Waals surface area contributed by atoms with Crippen LogP contribution in [-0.4, -0.2) is 11.5 Å². The molecule has 3 rings (SSSR count). The number of pyridine rings is 1. The average Bonchev–Trinajstić information content (AvgIpc) is 2.69. The largest absolute Gasteiger partial charge is 0.416 e. The van der Waals surface area contributed by atoms with Gasteiger partial charge in [-0.1, -0.05) is 6.07 Å². The summed E-state index contributed by atoms with van der Waals surface area (Å²) in [5.41, 5.74) is 1.96. The summed E-state index contributed by atoms with van der Waals surface area (Å²) in [4.78, 5) is 4.07. The van der Waals surface area contributed by atoms with Crippen LogP contribution in [-0.2, 0) is 6.18 Å². The van der Waals surface area contributed by atoms with E-state index in [1.807, 2.05) is 12.1 Å². The normalized spacial score (nSPS) is 17.8. The number of nitrogens with zero attached hydrogens (tertiary/aromatic N) is 1. The molecule has 3 nitrogen and oxygen atoms in total. The zero-order valence-electron chi connectivity index (χ0n) is 12.7. The summed E-state index contributed by atoms with van der Waals surface area (Å²) in [5.74, 6) is 0. The first-order chi connectivity index (χ1) is 10.9. The molecule has 122 valence electrons. The summed E-state index contributed by atoms with van der Waals surface area (Å²) < 4.78 is 39.3. The number of hydrogen-bond acceptors (Lipinski definition) is 3. The number of nitrogens with one attached hydrogen (secondary N) is 2. The van der Waals surface area contributed by atoms with Gasteiger partial charge in [0.1, 0.15) is 0 Å². The van der Waals surface area contributed by atoms with E-state index in [1.165, 1.54) is 13.0 Å². The highest BCUT2D eigenvalue weighted by atomic mass is 19.4. The molecule has 0 fully saturated rings. The van der Waals surface area contributed by atoms with Crippen LogP contribution in [0.1, 0.15) is 35.6 Å². The smallest absolute Gasteiger partial charge is 0.385 e. The minimum Gasteiger partial charge on any atom is -0.385 e. The number of aryl methyl sites for hydroxylation is 1. The van der Waals surface area contributed by atoms with E-state index in [4.69, 9.17) is 0 Å². The van der Waals surface area contributed by atoms with Crippen LogP contribution in [0.25, 0.3) is 0 Å². The van der Waals surface area contributed by atoms with Crippen molar-refractivity contribution >= 4 is 11.4 Å². The monoisotopic (exact) mass is 321 g/mol. The van der Waals surface area contributed by atoms with Gasteiger partial charge in [-0.2, -0.15) is 13.2 Å². The SMILES string of the molecule is Cc1cc2c(cc1C(F)(F)F)NCCCC2Nc1cccnc1. The van der Waals surface area contributed by atoms with Gasteiger partial charge in [-0.25, -0.2) is 0 Å². The molecule has 1 aliphatic heterocycles. The van der Waals surface area contributed by atoms with Gasteiger partial charge in [-0.05, 0) is 49.1 Å². The highest BCUT2D eigenvalue weighted by Gasteiger charge is 2.34. The second-order valence-electron chi connectivity index (χ2n) is 5.76. The maximum Gasteiger partial charge on any atom is 0.416 e. The molecule has 1 atom stereocenters. The second-order valence-corrected chi connectivity index (χ2v) is 5.76. The van der Waals surface area contributed by atoms with Crippen molar-refractivity contribution in [1.29, 1.82) is 0 Å². The molecule has 0 radical (unpaired) electrons. The third-order valence-corrected chi connectivity index (χ3v) is 4.06. The number of hydrogen-bond donors (Lipinski definition) is 2. The minimum atomic E-state index is -4.33. The van der Waals surface area contributed by atoms with Gasteiger partial charge in [0.2, 0.25) is 0 Å². The van der Waals surface area contributed by atoms with Crippen molar-refractivity contribution in [1.82, 2.24) is 4.98 Å². The van der Waals surface area contributed by atoms with E-state index in [-0.39, 0.29) is 11.6 Å². The van der Waals surface area contributed by atoms with Gasteiger partial charge in [0, 0.05) is 24.6 Å². The summed E-state index contributed by atoms with van der Waals surface area (Å²) in [6, 6.07) is 6.57. The lowest BCUT2D eigenvalue weighted by molar-refractivity contribution is -0.138. The molecule has 0 spiro atoms. The summed E-state index contributed by atoms with van der Waals surface area (Å²) in [7, 11) is 0. The number of halogens is 3. The summed E-state index contributed by atoms with van der Waals surface area (Å²) in [6.07, 6.45) is 0.800. The fourth-order valence-electron chi connectivity index (χ4n) is 2.96. The topological polar surface area (TPSA) is 37.0 Å². The lowest BCUT2D eigenvalue weighted by atomic mass is 9.96. The van der Waals surface area contributed by atoms with E-state index < -0.39 is 11.7 Å². The molecular formula is C17H18F3N3. The molecule has 0 amide bonds. The molecular weight excluding hydrogens is 303 g/mol. The minimum absolute atomic E-state index is 0.0369. The fourth-order valence-corrected chi connectivity index (χ4v) is 2.96. The predicted octanol–water partition coefficient (Wildman–Crippen LogP) is 4.77. The molecule has 1 aromatic carbocycles. The lowest BCUT2D eigenvalue weighted by Gasteiger charge is -2.22.